The highest BCUT2D eigenvalue weighted by Gasteiger charge is 2.23. The standard InChI is InChI=1S/C17H27FN4O3S2.HI/c1-19-17(20-7-14-27(23,24)22-9-12-26-13-10-22)21(2)8-11-25-16-6-4-3-5-15(16)18;/h3-6H,7-14H2,1-2H3,(H,19,20);1H. The maximum atomic E-state index is 13.5. The van der Waals surface area contributed by atoms with Gasteiger partial charge in [-0.05, 0) is 12.1 Å². The van der Waals surface area contributed by atoms with Crippen molar-refractivity contribution in [2.45, 2.75) is 0 Å². The Bertz CT molecular complexity index is 731. The molecule has 0 aromatic heterocycles. The number of thioether (sulfide) groups is 1. The van der Waals surface area contributed by atoms with Gasteiger partial charge < -0.3 is 15.0 Å². The Hall–Kier alpha value is -0.790. The molecule has 1 aromatic carbocycles. The first-order valence-corrected chi connectivity index (χ1v) is 11.5. The minimum absolute atomic E-state index is 0. The van der Waals surface area contributed by atoms with E-state index in [1.165, 1.54) is 6.07 Å². The summed E-state index contributed by atoms with van der Waals surface area (Å²) in [5.74, 6) is 2.09. The lowest BCUT2D eigenvalue weighted by atomic mass is 10.3. The second-order valence-corrected chi connectivity index (χ2v) is 9.32. The molecule has 0 radical (unpaired) electrons. The quantitative estimate of drug-likeness (QED) is 0.304. The lowest BCUT2D eigenvalue weighted by Gasteiger charge is -2.26. The molecule has 2 rings (SSSR count). The van der Waals surface area contributed by atoms with E-state index >= 15 is 0 Å². The topological polar surface area (TPSA) is 74.2 Å². The van der Waals surface area contributed by atoms with Gasteiger partial charge in [0.15, 0.2) is 17.5 Å². The van der Waals surface area contributed by atoms with Gasteiger partial charge in [-0.15, -0.1) is 24.0 Å². The van der Waals surface area contributed by atoms with Crippen molar-refractivity contribution in [2.75, 3.05) is 64.1 Å². The van der Waals surface area contributed by atoms with Gasteiger partial charge in [-0.2, -0.15) is 11.8 Å². The normalized spacial score (nSPS) is 15.6. The van der Waals surface area contributed by atoms with Crippen LogP contribution in [0, 0.1) is 5.82 Å². The maximum Gasteiger partial charge on any atom is 0.215 e. The van der Waals surface area contributed by atoms with Crippen LogP contribution in [0.2, 0.25) is 0 Å². The summed E-state index contributed by atoms with van der Waals surface area (Å²) in [6, 6.07) is 6.24. The molecule has 0 amide bonds. The minimum atomic E-state index is -3.25. The van der Waals surface area contributed by atoms with Gasteiger partial charge >= 0.3 is 0 Å². The number of ether oxygens (including phenoxy) is 1. The van der Waals surface area contributed by atoms with Crippen molar-refractivity contribution in [3.63, 3.8) is 0 Å². The summed E-state index contributed by atoms with van der Waals surface area (Å²) in [6.07, 6.45) is 0. The average molecular weight is 546 g/mol. The number of guanidine groups is 1. The number of rotatable bonds is 8. The molecular formula is C17H28FIN4O3S2. The van der Waals surface area contributed by atoms with Crippen LogP contribution in [0.25, 0.3) is 0 Å². The van der Waals surface area contributed by atoms with Crippen molar-refractivity contribution in [1.82, 2.24) is 14.5 Å². The number of hydrogen-bond acceptors (Lipinski definition) is 5. The molecule has 1 N–H and O–H groups in total. The molecule has 0 aliphatic carbocycles. The van der Waals surface area contributed by atoms with Gasteiger partial charge in [-0.3, -0.25) is 4.99 Å². The van der Waals surface area contributed by atoms with Crippen LogP contribution in [0.4, 0.5) is 4.39 Å². The fourth-order valence-corrected chi connectivity index (χ4v) is 5.08. The Kier molecular flexibility index (Phi) is 11.5. The second-order valence-electron chi connectivity index (χ2n) is 6.00. The fraction of sp³-hybridized carbons (Fsp3) is 0.588. The molecule has 0 saturated carbocycles. The first-order chi connectivity index (χ1) is 12.9. The van der Waals surface area contributed by atoms with E-state index < -0.39 is 15.8 Å². The Morgan fingerprint density at radius 2 is 2.04 bits per heavy atom. The number of sulfonamides is 1. The zero-order valence-corrected chi connectivity index (χ0v) is 20.1. The van der Waals surface area contributed by atoms with Gasteiger partial charge in [0.1, 0.15) is 6.61 Å². The number of para-hydroxylation sites is 1. The molecule has 7 nitrogen and oxygen atoms in total. The molecular weight excluding hydrogens is 518 g/mol. The lowest BCUT2D eigenvalue weighted by Crippen LogP contribution is -2.45. The Morgan fingerprint density at radius 3 is 2.68 bits per heavy atom. The van der Waals surface area contributed by atoms with Gasteiger partial charge in [0.05, 0.1) is 12.3 Å². The van der Waals surface area contributed by atoms with Crippen molar-refractivity contribution in [2.24, 2.45) is 4.99 Å². The highest BCUT2D eigenvalue weighted by atomic mass is 127. The van der Waals surface area contributed by atoms with Crippen LogP contribution < -0.4 is 10.1 Å². The Morgan fingerprint density at radius 1 is 1.36 bits per heavy atom. The molecule has 0 atom stereocenters. The Labute approximate surface area is 188 Å². The van der Waals surface area contributed by atoms with Crippen molar-refractivity contribution >= 4 is 51.7 Å². The number of aliphatic imine (C=N–C) groups is 1. The van der Waals surface area contributed by atoms with E-state index in [1.807, 2.05) is 11.9 Å². The molecule has 0 unspecified atom stereocenters. The van der Waals surface area contributed by atoms with E-state index in [0.717, 1.165) is 11.5 Å². The van der Waals surface area contributed by atoms with E-state index in [9.17, 15) is 12.8 Å². The predicted octanol–water partition coefficient (Wildman–Crippen LogP) is 1.71. The van der Waals surface area contributed by atoms with Crippen molar-refractivity contribution in [1.29, 1.82) is 0 Å². The number of nitrogens with zero attached hydrogens (tertiary/aromatic N) is 3. The predicted molar refractivity (Wildman–Crippen MR) is 124 cm³/mol. The van der Waals surface area contributed by atoms with Gasteiger partial charge in [-0.1, -0.05) is 12.1 Å². The minimum Gasteiger partial charge on any atom is -0.489 e. The van der Waals surface area contributed by atoms with Crippen molar-refractivity contribution < 1.29 is 17.5 Å². The zero-order chi connectivity index (χ0) is 19.7. The molecule has 1 saturated heterocycles. The van der Waals surface area contributed by atoms with E-state index in [1.54, 1.807) is 41.3 Å². The lowest BCUT2D eigenvalue weighted by molar-refractivity contribution is 0.270. The molecule has 160 valence electrons. The van der Waals surface area contributed by atoms with Crippen LogP contribution in [0.3, 0.4) is 0 Å². The van der Waals surface area contributed by atoms with Gasteiger partial charge in [-0.25, -0.2) is 17.1 Å². The van der Waals surface area contributed by atoms with Crippen LogP contribution in [0.1, 0.15) is 0 Å². The molecule has 11 heteroatoms. The summed E-state index contributed by atoms with van der Waals surface area (Å²) in [5, 5.41) is 3.06. The zero-order valence-electron chi connectivity index (χ0n) is 16.1. The number of nitrogens with one attached hydrogen (secondary N) is 1. The largest absolute Gasteiger partial charge is 0.489 e. The second kappa shape index (κ2) is 12.7. The summed E-state index contributed by atoms with van der Waals surface area (Å²) in [7, 11) is 0.195. The molecule has 1 aliphatic heterocycles. The summed E-state index contributed by atoms with van der Waals surface area (Å²) in [4.78, 5) is 5.96. The van der Waals surface area contributed by atoms with E-state index in [-0.39, 0.29) is 48.6 Å². The fourth-order valence-electron chi connectivity index (χ4n) is 2.59. The molecule has 1 fully saturated rings. The van der Waals surface area contributed by atoms with Crippen LogP contribution in [-0.4, -0.2) is 87.7 Å². The third-order valence-corrected chi connectivity index (χ3v) is 6.92. The van der Waals surface area contributed by atoms with Crippen molar-refractivity contribution in [3.05, 3.63) is 30.1 Å². The van der Waals surface area contributed by atoms with Crippen LogP contribution in [-0.2, 0) is 10.0 Å². The summed E-state index contributed by atoms with van der Waals surface area (Å²) < 4.78 is 45.2. The summed E-state index contributed by atoms with van der Waals surface area (Å²) in [5.41, 5.74) is 0. The Balaban J connectivity index is 0.00000392. The average Bonchev–Trinajstić information content (AvgIpc) is 2.67. The number of hydrogen-bond donors (Lipinski definition) is 1. The highest BCUT2D eigenvalue weighted by molar-refractivity contribution is 14.0. The highest BCUT2D eigenvalue weighted by Crippen LogP contribution is 2.15. The SMILES string of the molecule is CN=C(NCCS(=O)(=O)N1CCSCC1)N(C)CCOc1ccccc1F.I. The first-order valence-electron chi connectivity index (χ1n) is 8.78. The van der Waals surface area contributed by atoms with Crippen LogP contribution >= 0.6 is 35.7 Å². The smallest absolute Gasteiger partial charge is 0.215 e. The molecule has 1 aromatic rings. The first kappa shape index (κ1) is 25.2. The third kappa shape index (κ3) is 7.91. The summed E-state index contributed by atoms with van der Waals surface area (Å²) >= 11 is 1.77. The van der Waals surface area contributed by atoms with Gasteiger partial charge in [0, 0.05) is 45.2 Å². The molecule has 0 spiro atoms. The van der Waals surface area contributed by atoms with E-state index in [0.29, 0.717) is 25.6 Å². The van der Waals surface area contributed by atoms with E-state index in [4.69, 9.17) is 4.74 Å². The molecule has 28 heavy (non-hydrogen) atoms. The number of likely N-dealkylation sites (N-methyl/N-ethyl adjacent to an activating group) is 1. The van der Waals surface area contributed by atoms with Gasteiger partial charge in [0.25, 0.3) is 0 Å². The molecule has 1 heterocycles. The molecule has 1 aliphatic rings. The van der Waals surface area contributed by atoms with Crippen LogP contribution in [0.15, 0.2) is 29.3 Å². The molecule has 0 bridgehead atoms. The van der Waals surface area contributed by atoms with E-state index in [2.05, 4.69) is 10.3 Å². The third-order valence-electron chi connectivity index (χ3n) is 4.10. The summed E-state index contributed by atoms with van der Waals surface area (Å²) in [6.45, 7) is 2.19. The monoisotopic (exact) mass is 546 g/mol. The number of benzene rings is 1. The van der Waals surface area contributed by atoms with Gasteiger partial charge in [0.2, 0.25) is 10.0 Å². The van der Waals surface area contributed by atoms with Crippen LogP contribution in [0.5, 0.6) is 5.75 Å². The number of halogens is 2. The van der Waals surface area contributed by atoms with Crippen molar-refractivity contribution in [3.8, 4) is 5.75 Å². The maximum absolute atomic E-state index is 13.5.